The second-order valence-electron chi connectivity index (χ2n) is 4.51. The first kappa shape index (κ1) is 13.9. The lowest BCUT2D eigenvalue weighted by Gasteiger charge is -2.08. The third kappa shape index (κ3) is 2.45. The van der Waals surface area contributed by atoms with E-state index in [-0.39, 0.29) is 10.8 Å². The average Bonchev–Trinajstić information content (AvgIpc) is 2.65. The van der Waals surface area contributed by atoms with Crippen molar-refractivity contribution in [2.75, 3.05) is 0 Å². The van der Waals surface area contributed by atoms with Gasteiger partial charge in [0, 0.05) is 4.70 Å². The third-order valence-electron chi connectivity index (χ3n) is 2.83. The summed E-state index contributed by atoms with van der Waals surface area (Å²) in [7, 11) is 0. The number of fused-ring (bicyclic) bond motifs is 1. The Hall–Kier alpha value is -1.56. The Labute approximate surface area is 111 Å². The Balaban J connectivity index is 2.73. The highest BCUT2D eigenvalue weighted by Gasteiger charge is 2.31. The largest absolute Gasteiger partial charge is 0.477 e. The molecular formula is C13H11F3O2S. The van der Waals surface area contributed by atoms with E-state index in [0.29, 0.717) is 15.6 Å². The minimum absolute atomic E-state index is 0.0587. The maximum absolute atomic E-state index is 12.6. The summed E-state index contributed by atoms with van der Waals surface area (Å²) in [6.07, 6.45) is -4.42. The normalized spacial score (nSPS) is 12.3. The van der Waals surface area contributed by atoms with Crippen molar-refractivity contribution >= 4 is 27.4 Å². The number of carboxylic acids is 1. The van der Waals surface area contributed by atoms with E-state index >= 15 is 0 Å². The molecule has 0 saturated heterocycles. The van der Waals surface area contributed by atoms with E-state index in [1.54, 1.807) is 0 Å². The number of aromatic carboxylic acids is 1. The highest BCUT2D eigenvalue weighted by Crippen LogP contribution is 2.39. The minimum Gasteiger partial charge on any atom is -0.477 e. The standard InChI is InChI=1S/C13H11F3O2S/c1-6(2)10-8-4-3-7(13(14,15)16)5-9(8)19-11(10)12(17)18/h3-6H,1-2H3,(H,17,18). The quantitative estimate of drug-likeness (QED) is 0.866. The molecule has 0 spiro atoms. The fourth-order valence-electron chi connectivity index (χ4n) is 2.02. The van der Waals surface area contributed by atoms with Crippen molar-refractivity contribution in [1.29, 1.82) is 0 Å². The van der Waals surface area contributed by atoms with E-state index in [0.717, 1.165) is 23.5 Å². The van der Waals surface area contributed by atoms with Crippen molar-refractivity contribution in [1.82, 2.24) is 0 Å². The van der Waals surface area contributed by atoms with E-state index in [2.05, 4.69) is 0 Å². The van der Waals surface area contributed by atoms with Gasteiger partial charge in [-0.2, -0.15) is 13.2 Å². The van der Waals surface area contributed by atoms with Gasteiger partial charge in [0.2, 0.25) is 0 Å². The van der Waals surface area contributed by atoms with Gasteiger partial charge in [-0.15, -0.1) is 11.3 Å². The Morgan fingerprint density at radius 2 is 1.95 bits per heavy atom. The van der Waals surface area contributed by atoms with E-state index in [1.165, 1.54) is 6.07 Å². The van der Waals surface area contributed by atoms with Gasteiger partial charge in [0.05, 0.1) is 5.56 Å². The molecule has 2 aromatic rings. The Morgan fingerprint density at radius 3 is 2.42 bits per heavy atom. The molecule has 0 fully saturated rings. The average molecular weight is 288 g/mol. The summed E-state index contributed by atoms with van der Waals surface area (Å²) < 4.78 is 38.2. The molecule has 0 aliphatic rings. The van der Waals surface area contributed by atoms with E-state index in [4.69, 9.17) is 5.11 Å². The second kappa shape index (κ2) is 4.52. The number of rotatable bonds is 2. The molecule has 0 unspecified atom stereocenters. The number of halogens is 3. The molecule has 0 saturated carbocycles. The van der Waals surface area contributed by atoms with Crippen molar-refractivity contribution in [2.45, 2.75) is 25.9 Å². The van der Waals surface area contributed by atoms with Crippen LogP contribution >= 0.6 is 11.3 Å². The van der Waals surface area contributed by atoms with Crippen LogP contribution in [0.1, 0.15) is 40.6 Å². The fourth-order valence-corrected chi connectivity index (χ4v) is 3.26. The van der Waals surface area contributed by atoms with Gasteiger partial charge in [0.15, 0.2) is 0 Å². The van der Waals surface area contributed by atoms with Crippen molar-refractivity contribution in [3.05, 3.63) is 34.2 Å². The molecular weight excluding hydrogens is 277 g/mol. The summed E-state index contributed by atoms with van der Waals surface area (Å²) in [4.78, 5) is 11.3. The van der Waals surface area contributed by atoms with Crippen LogP contribution in [0.15, 0.2) is 18.2 Å². The molecule has 2 rings (SSSR count). The van der Waals surface area contributed by atoms with Crippen LogP contribution in [0.4, 0.5) is 13.2 Å². The summed E-state index contributed by atoms with van der Waals surface area (Å²) in [6, 6.07) is 3.36. The van der Waals surface area contributed by atoms with Crippen LogP contribution in [0.3, 0.4) is 0 Å². The van der Waals surface area contributed by atoms with Gasteiger partial charge < -0.3 is 5.11 Å². The molecule has 1 heterocycles. The van der Waals surface area contributed by atoms with Gasteiger partial charge in [0.1, 0.15) is 4.88 Å². The van der Waals surface area contributed by atoms with Crippen molar-refractivity contribution in [2.24, 2.45) is 0 Å². The zero-order valence-electron chi connectivity index (χ0n) is 10.2. The highest BCUT2D eigenvalue weighted by atomic mass is 32.1. The highest BCUT2D eigenvalue weighted by molar-refractivity contribution is 7.21. The van der Waals surface area contributed by atoms with E-state index < -0.39 is 17.7 Å². The summed E-state index contributed by atoms with van der Waals surface area (Å²) >= 11 is 0.891. The smallest absolute Gasteiger partial charge is 0.416 e. The van der Waals surface area contributed by atoms with Gasteiger partial charge in [-0.05, 0) is 29.0 Å². The second-order valence-corrected chi connectivity index (χ2v) is 5.57. The minimum atomic E-state index is -4.42. The van der Waals surface area contributed by atoms with Crippen LogP contribution in [0, 0.1) is 0 Å². The molecule has 0 radical (unpaired) electrons. The van der Waals surface area contributed by atoms with Gasteiger partial charge in [0.25, 0.3) is 0 Å². The summed E-state index contributed by atoms with van der Waals surface area (Å²) in [5.74, 6) is -1.16. The third-order valence-corrected chi connectivity index (χ3v) is 3.98. The lowest BCUT2D eigenvalue weighted by atomic mass is 9.98. The first-order valence-corrected chi connectivity index (χ1v) is 6.40. The Kier molecular flexibility index (Phi) is 3.30. The van der Waals surface area contributed by atoms with E-state index in [9.17, 15) is 18.0 Å². The van der Waals surface area contributed by atoms with Crippen molar-refractivity contribution < 1.29 is 23.1 Å². The predicted octanol–water partition coefficient (Wildman–Crippen LogP) is 4.74. The SMILES string of the molecule is CC(C)c1c(C(=O)O)sc2cc(C(F)(F)F)ccc12. The maximum atomic E-state index is 12.6. The molecule has 0 bridgehead atoms. The van der Waals surface area contributed by atoms with Crippen LogP contribution in [0.2, 0.25) is 0 Å². The molecule has 1 N–H and O–H groups in total. The molecule has 0 atom stereocenters. The van der Waals surface area contributed by atoms with Gasteiger partial charge in [-0.1, -0.05) is 19.9 Å². The number of hydrogen-bond donors (Lipinski definition) is 1. The van der Waals surface area contributed by atoms with Crippen LogP contribution in [-0.4, -0.2) is 11.1 Å². The molecule has 19 heavy (non-hydrogen) atoms. The Bertz CT molecular complexity index is 641. The molecule has 1 aromatic heterocycles. The molecule has 0 aliphatic heterocycles. The number of hydrogen-bond acceptors (Lipinski definition) is 2. The van der Waals surface area contributed by atoms with Gasteiger partial charge >= 0.3 is 12.1 Å². The molecule has 102 valence electrons. The first-order chi connectivity index (χ1) is 8.71. The number of thiophene rings is 1. The van der Waals surface area contributed by atoms with Crippen molar-refractivity contribution in [3.63, 3.8) is 0 Å². The van der Waals surface area contributed by atoms with Crippen LogP contribution in [-0.2, 0) is 6.18 Å². The van der Waals surface area contributed by atoms with E-state index in [1.807, 2.05) is 13.8 Å². The molecule has 0 amide bonds. The molecule has 1 aromatic carbocycles. The molecule has 2 nitrogen and oxygen atoms in total. The van der Waals surface area contributed by atoms with Gasteiger partial charge in [-0.25, -0.2) is 4.79 Å². The number of alkyl halides is 3. The van der Waals surface area contributed by atoms with Crippen LogP contribution in [0.25, 0.3) is 10.1 Å². The monoisotopic (exact) mass is 288 g/mol. The van der Waals surface area contributed by atoms with Crippen LogP contribution in [0.5, 0.6) is 0 Å². The molecule has 0 aliphatic carbocycles. The number of carbonyl (C=O) groups is 1. The lowest BCUT2D eigenvalue weighted by Crippen LogP contribution is -2.04. The Morgan fingerprint density at radius 1 is 1.32 bits per heavy atom. The summed E-state index contributed by atoms with van der Waals surface area (Å²) in [5.41, 5.74) is -0.158. The summed E-state index contributed by atoms with van der Waals surface area (Å²) in [5, 5.41) is 9.72. The maximum Gasteiger partial charge on any atom is 0.416 e. The van der Waals surface area contributed by atoms with Crippen molar-refractivity contribution in [3.8, 4) is 0 Å². The number of benzene rings is 1. The van der Waals surface area contributed by atoms with Crippen LogP contribution < -0.4 is 0 Å². The van der Waals surface area contributed by atoms with Gasteiger partial charge in [-0.3, -0.25) is 0 Å². The fraction of sp³-hybridized carbons (Fsp3) is 0.308. The lowest BCUT2D eigenvalue weighted by molar-refractivity contribution is -0.137. The zero-order valence-corrected chi connectivity index (χ0v) is 11.0. The zero-order chi connectivity index (χ0) is 14.4. The summed E-state index contributed by atoms with van der Waals surface area (Å²) in [6.45, 7) is 3.65. The predicted molar refractivity (Wildman–Crippen MR) is 67.9 cm³/mol. The topological polar surface area (TPSA) is 37.3 Å². The first-order valence-electron chi connectivity index (χ1n) is 5.58. The molecule has 6 heteroatoms. The number of carboxylic acid groups (broad SMARTS) is 1.